The van der Waals surface area contributed by atoms with Gasteiger partial charge in [0.05, 0.1) is 0 Å². The molecular weight excluding hydrogens is 217 g/mol. The van der Waals surface area contributed by atoms with Crippen molar-refractivity contribution in [3.05, 3.63) is 30.3 Å². The molecule has 0 aliphatic rings. The van der Waals surface area contributed by atoms with Gasteiger partial charge in [-0.25, -0.2) is 0 Å². The number of benzene rings is 1. The van der Waals surface area contributed by atoms with Crippen molar-refractivity contribution in [2.24, 2.45) is 0 Å². The predicted octanol–water partition coefficient (Wildman–Crippen LogP) is -2.14. The van der Waals surface area contributed by atoms with Crippen LogP contribution in [0.2, 0.25) is 0 Å². The van der Waals surface area contributed by atoms with Crippen LogP contribution in [0.1, 0.15) is 0 Å². The quantitative estimate of drug-likeness (QED) is 0.440. The maximum absolute atomic E-state index is 2.14. The molecular formula is C6H5BrZn. The molecule has 2 heteroatoms. The molecule has 1 aromatic carbocycles. The van der Waals surface area contributed by atoms with Gasteiger partial charge in [0.25, 0.3) is 0 Å². The Morgan fingerprint density at radius 3 is 1.75 bits per heavy atom. The molecule has 1 rings (SSSR count). The zero-order valence-electron chi connectivity index (χ0n) is 4.47. The molecule has 0 saturated heterocycles. The summed E-state index contributed by atoms with van der Waals surface area (Å²) in [5, 5.41) is 0. The van der Waals surface area contributed by atoms with Crippen molar-refractivity contribution in [1.29, 1.82) is 0 Å². The summed E-state index contributed by atoms with van der Waals surface area (Å²) in [5.74, 6) is 0. The van der Waals surface area contributed by atoms with E-state index in [0.29, 0.717) is 0 Å². The van der Waals surface area contributed by atoms with E-state index < -0.39 is 0 Å². The Balaban J connectivity index is 0.000000490. The van der Waals surface area contributed by atoms with Gasteiger partial charge in [0, 0.05) is 0 Å². The van der Waals surface area contributed by atoms with Crippen molar-refractivity contribution in [3.63, 3.8) is 0 Å². The van der Waals surface area contributed by atoms with Crippen LogP contribution >= 0.6 is 0 Å². The van der Waals surface area contributed by atoms with Crippen molar-refractivity contribution in [3.8, 4) is 0 Å². The van der Waals surface area contributed by atoms with E-state index in [1.54, 1.807) is 0 Å². The van der Waals surface area contributed by atoms with Crippen LogP contribution in [0.25, 0.3) is 0 Å². The number of rotatable bonds is 0. The first-order valence-electron chi connectivity index (χ1n) is 2.26. The first-order valence-corrected chi connectivity index (χ1v) is 3.75. The third kappa shape index (κ3) is 2.59. The standard InChI is InChI=1S/C6H5.BrH.Zn/c1-2-4-6-5-3-1;;/h1-5H;1H;/q;;+1/p-1. The molecule has 0 saturated carbocycles. The third-order valence-corrected chi connectivity index (χ3v) is 1.83. The fourth-order valence-corrected chi connectivity index (χ4v) is 1.05. The van der Waals surface area contributed by atoms with Crippen LogP contribution in [-0.2, 0) is 18.3 Å². The summed E-state index contributed by atoms with van der Waals surface area (Å²) in [6.07, 6.45) is 0. The van der Waals surface area contributed by atoms with Gasteiger partial charge in [-0.1, -0.05) is 0 Å². The van der Waals surface area contributed by atoms with E-state index in [4.69, 9.17) is 0 Å². The third-order valence-electron chi connectivity index (χ3n) is 0.843. The van der Waals surface area contributed by atoms with Crippen LogP contribution in [0, 0.1) is 0 Å². The fraction of sp³-hybridized carbons (Fsp3) is 0. The maximum atomic E-state index is 2.14. The van der Waals surface area contributed by atoms with E-state index in [1.807, 2.05) is 6.07 Å². The Morgan fingerprint density at radius 1 is 1.00 bits per heavy atom. The number of hydrogen-bond acceptors (Lipinski definition) is 0. The van der Waals surface area contributed by atoms with Crippen LogP contribution in [-0.4, -0.2) is 0 Å². The summed E-state index contributed by atoms with van der Waals surface area (Å²) in [4.78, 5) is 0. The van der Waals surface area contributed by atoms with Gasteiger partial charge >= 0.3 is 52.8 Å². The molecule has 0 nitrogen and oxygen atoms in total. The number of hydrogen-bond donors (Lipinski definition) is 0. The summed E-state index contributed by atoms with van der Waals surface area (Å²) in [6.45, 7) is 0. The van der Waals surface area contributed by atoms with Gasteiger partial charge in [0.2, 0.25) is 0 Å². The van der Waals surface area contributed by atoms with Crippen molar-refractivity contribution in [2.45, 2.75) is 0 Å². The van der Waals surface area contributed by atoms with Crippen molar-refractivity contribution in [2.75, 3.05) is 0 Å². The normalized spacial score (nSPS) is 7.75. The topological polar surface area (TPSA) is 0 Å². The second-order valence-electron chi connectivity index (χ2n) is 1.49. The Hall–Kier alpha value is 0.323. The summed E-state index contributed by atoms with van der Waals surface area (Å²) in [5.41, 5.74) is 0. The second-order valence-corrected chi connectivity index (χ2v) is 3.20. The molecule has 0 aliphatic carbocycles. The van der Waals surface area contributed by atoms with Crippen LogP contribution in [0.5, 0.6) is 0 Å². The van der Waals surface area contributed by atoms with Crippen LogP contribution in [0.3, 0.4) is 0 Å². The van der Waals surface area contributed by atoms with E-state index in [1.165, 1.54) is 22.5 Å². The molecule has 0 radical (unpaired) electrons. The summed E-state index contributed by atoms with van der Waals surface area (Å²) >= 11 is 1.26. The number of halogens is 1. The molecule has 8 heavy (non-hydrogen) atoms. The minimum absolute atomic E-state index is 0. The van der Waals surface area contributed by atoms with Gasteiger partial charge in [-0.3, -0.25) is 0 Å². The van der Waals surface area contributed by atoms with Gasteiger partial charge in [0.15, 0.2) is 0 Å². The molecule has 1 aromatic rings. The van der Waals surface area contributed by atoms with Gasteiger partial charge in [0.1, 0.15) is 0 Å². The van der Waals surface area contributed by atoms with E-state index in [2.05, 4.69) is 24.3 Å². The summed E-state index contributed by atoms with van der Waals surface area (Å²) in [7, 11) is 0. The summed E-state index contributed by atoms with van der Waals surface area (Å²) in [6, 6.07) is 10.5. The fourth-order valence-electron chi connectivity index (χ4n) is 0.478. The van der Waals surface area contributed by atoms with Crippen molar-refractivity contribution < 1.29 is 35.3 Å². The molecule has 0 bridgehead atoms. The average Bonchev–Trinajstić information content (AvgIpc) is 1.69. The Bertz CT molecular complexity index is 138. The van der Waals surface area contributed by atoms with E-state index in [9.17, 15) is 0 Å². The monoisotopic (exact) mass is 220 g/mol. The SMILES string of the molecule is [Br-].[Zn+][c]1ccccc1. The van der Waals surface area contributed by atoms with Gasteiger partial charge < -0.3 is 17.0 Å². The van der Waals surface area contributed by atoms with Crippen LogP contribution < -0.4 is 21.1 Å². The molecule has 0 unspecified atom stereocenters. The summed E-state index contributed by atoms with van der Waals surface area (Å²) < 4.78 is 1.45. The first-order chi connectivity index (χ1) is 3.39. The van der Waals surface area contributed by atoms with E-state index >= 15 is 0 Å². The van der Waals surface area contributed by atoms with E-state index in [0.717, 1.165) is 0 Å². The zero-order valence-corrected chi connectivity index (χ0v) is 9.02. The minimum atomic E-state index is 0. The molecule has 38 valence electrons. The van der Waals surface area contributed by atoms with Gasteiger partial charge in [-0.05, 0) is 0 Å². The van der Waals surface area contributed by atoms with Crippen molar-refractivity contribution >= 4 is 4.16 Å². The zero-order chi connectivity index (χ0) is 5.11. The Labute approximate surface area is 69.7 Å². The molecule has 0 fully saturated rings. The molecule has 0 atom stereocenters. The van der Waals surface area contributed by atoms with Crippen LogP contribution in [0.4, 0.5) is 0 Å². The van der Waals surface area contributed by atoms with Gasteiger partial charge in [-0.15, -0.1) is 0 Å². The molecule has 0 heterocycles. The Kier molecular flexibility index (Phi) is 4.40. The predicted molar refractivity (Wildman–Crippen MR) is 26.1 cm³/mol. The molecule has 0 aromatic heterocycles. The first kappa shape index (κ1) is 8.32. The average molecular weight is 222 g/mol. The van der Waals surface area contributed by atoms with Crippen LogP contribution in [0.15, 0.2) is 30.3 Å². The second kappa shape index (κ2) is 4.23. The van der Waals surface area contributed by atoms with E-state index in [-0.39, 0.29) is 17.0 Å². The van der Waals surface area contributed by atoms with Crippen molar-refractivity contribution in [1.82, 2.24) is 0 Å². The molecule has 0 spiro atoms. The van der Waals surface area contributed by atoms with Gasteiger partial charge in [-0.2, -0.15) is 0 Å². The Morgan fingerprint density at radius 2 is 1.50 bits per heavy atom. The molecule has 0 amide bonds. The molecule has 0 aliphatic heterocycles. The molecule has 0 N–H and O–H groups in total.